The van der Waals surface area contributed by atoms with E-state index >= 15 is 0 Å². The molecule has 0 aliphatic carbocycles. The predicted octanol–water partition coefficient (Wildman–Crippen LogP) is 3.80. The molecule has 0 saturated heterocycles. The summed E-state index contributed by atoms with van der Waals surface area (Å²) in [7, 11) is 1.47. The topological polar surface area (TPSA) is 113 Å². The van der Waals surface area contributed by atoms with Crippen molar-refractivity contribution in [3.8, 4) is 22.6 Å². The highest BCUT2D eigenvalue weighted by atomic mass is 19.1. The van der Waals surface area contributed by atoms with E-state index in [1.54, 1.807) is 24.3 Å². The Morgan fingerprint density at radius 1 is 1.18 bits per heavy atom. The van der Waals surface area contributed by atoms with Gasteiger partial charge in [-0.2, -0.15) is 0 Å². The van der Waals surface area contributed by atoms with Gasteiger partial charge >= 0.3 is 5.97 Å². The van der Waals surface area contributed by atoms with Crippen molar-refractivity contribution in [1.82, 2.24) is 0 Å². The summed E-state index contributed by atoms with van der Waals surface area (Å²) in [6, 6.07) is 7.61. The van der Waals surface area contributed by atoms with Crippen molar-refractivity contribution in [3.05, 3.63) is 53.4 Å². The maximum atomic E-state index is 13.6. The first kappa shape index (κ1) is 26.0. The molecule has 2 aromatic carbocycles. The van der Waals surface area contributed by atoms with Gasteiger partial charge in [-0.05, 0) is 40.8 Å². The molecule has 7 nitrogen and oxygen atoms in total. The Labute approximate surface area is 192 Å². The normalized spacial score (nSPS) is 12.2. The van der Waals surface area contributed by atoms with Crippen molar-refractivity contribution in [2.24, 2.45) is 0 Å². The van der Waals surface area contributed by atoms with Crippen molar-refractivity contribution >= 4 is 17.8 Å². The van der Waals surface area contributed by atoms with Crippen LogP contribution in [-0.2, 0) is 9.59 Å². The second-order valence-electron chi connectivity index (χ2n) is 7.76. The number of ketones is 1. The number of hydrogen-bond donors (Lipinski definition) is 3. The summed E-state index contributed by atoms with van der Waals surface area (Å²) in [5.74, 6) is -1.46. The fraction of sp³-hybridized carbons (Fsp3) is 0.360. The van der Waals surface area contributed by atoms with Gasteiger partial charge in [-0.1, -0.05) is 38.1 Å². The Morgan fingerprint density at radius 2 is 1.85 bits per heavy atom. The number of aliphatic hydroxyl groups excluding tert-OH is 2. The standard InChI is InChI=1S/C25H29FO7/c1-15(2)21-14-22(33-11-10-27)25(32-3)24(16-4-6-17(26)7-5-16)20(21)9-8-18(28)12-19(29)13-23(30)31/h4-9,14-15,18,27-28H,10-13H2,1-3H3,(H,30,31). The van der Waals surface area contributed by atoms with Crippen LogP contribution in [0.15, 0.2) is 36.4 Å². The van der Waals surface area contributed by atoms with Crippen LogP contribution in [0.5, 0.6) is 11.5 Å². The van der Waals surface area contributed by atoms with Gasteiger partial charge in [0.2, 0.25) is 0 Å². The van der Waals surface area contributed by atoms with Crippen molar-refractivity contribution in [2.45, 2.75) is 38.7 Å². The zero-order valence-electron chi connectivity index (χ0n) is 18.9. The first-order chi connectivity index (χ1) is 15.7. The van der Waals surface area contributed by atoms with Crippen LogP contribution in [0.2, 0.25) is 0 Å². The molecule has 0 aromatic heterocycles. The number of carboxylic acid groups (broad SMARTS) is 1. The lowest BCUT2D eigenvalue weighted by Gasteiger charge is -2.22. The van der Waals surface area contributed by atoms with Crippen LogP contribution in [0, 0.1) is 5.82 Å². The molecule has 1 atom stereocenters. The Kier molecular flexibility index (Phi) is 9.57. The molecule has 1 unspecified atom stereocenters. The highest BCUT2D eigenvalue weighted by Crippen LogP contribution is 2.45. The molecule has 2 aromatic rings. The molecule has 33 heavy (non-hydrogen) atoms. The molecule has 0 saturated carbocycles. The van der Waals surface area contributed by atoms with Crippen LogP contribution in [-0.4, -0.2) is 53.5 Å². The van der Waals surface area contributed by atoms with Crippen LogP contribution >= 0.6 is 0 Å². The number of benzene rings is 2. The van der Waals surface area contributed by atoms with E-state index in [0.717, 1.165) is 5.56 Å². The smallest absolute Gasteiger partial charge is 0.310 e. The highest BCUT2D eigenvalue weighted by Gasteiger charge is 2.22. The molecular weight excluding hydrogens is 431 g/mol. The molecule has 8 heteroatoms. The first-order valence-corrected chi connectivity index (χ1v) is 10.5. The SMILES string of the molecule is COc1c(OCCO)cc(C(C)C)c(C=CC(O)CC(=O)CC(=O)O)c1-c1ccc(F)cc1. The lowest BCUT2D eigenvalue weighted by atomic mass is 9.88. The molecule has 0 fully saturated rings. The summed E-state index contributed by atoms with van der Waals surface area (Å²) in [6.45, 7) is 3.80. The average Bonchev–Trinajstić information content (AvgIpc) is 2.75. The van der Waals surface area contributed by atoms with Crippen molar-refractivity contribution in [3.63, 3.8) is 0 Å². The number of carboxylic acids is 1. The summed E-state index contributed by atoms with van der Waals surface area (Å²) in [6.07, 6.45) is 0.885. The number of carbonyl (C=O) groups excluding carboxylic acids is 1. The molecule has 0 radical (unpaired) electrons. The molecular formula is C25H29FO7. The Balaban J connectivity index is 2.64. The van der Waals surface area contributed by atoms with E-state index in [1.807, 2.05) is 13.8 Å². The minimum absolute atomic E-state index is 0.0111. The summed E-state index contributed by atoms with van der Waals surface area (Å²) in [5.41, 5.74) is 2.75. The van der Waals surface area contributed by atoms with Crippen molar-refractivity contribution in [1.29, 1.82) is 0 Å². The average molecular weight is 460 g/mol. The quantitative estimate of drug-likeness (QED) is 0.413. The lowest BCUT2D eigenvalue weighted by molar-refractivity contribution is -0.140. The van der Waals surface area contributed by atoms with Crippen LogP contribution in [0.4, 0.5) is 4.39 Å². The van der Waals surface area contributed by atoms with E-state index in [-0.39, 0.29) is 25.6 Å². The molecule has 0 spiro atoms. The molecule has 3 N–H and O–H groups in total. The number of aliphatic hydroxyl groups is 2. The van der Waals surface area contributed by atoms with Gasteiger partial charge in [-0.25, -0.2) is 4.39 Å². The van der Waals surface area contributed by atoms with Gasteiger partial charge in [-0.15, -0.1) is 0 Å². The number of carbonyl (C=O) groups is 2. The number of methoxy groups -OCH3 is 1. The van der Waals surface area contributed by atoms with Crippen molar-refractivity contribution in [2.75, 3.05) is 20.3 Å². The number of hydrogen-bond acceptors (Lipinski definition) is 6. The first-order valence-electron chi connectivity index (χ1n) is 10.5. The number of Topliss-reactive ketones (excluding diaryl/α,β-unsaturated/α-hetero) is 1. The number of halogens is 1. The molecule has 0 aliphatic heterocycles. The highest BCUT2D eigenvalue weighted by molar-refractivity contribution is 5.95. The van der Waals surface area contributed by atoms with Crippen molar-refractivity contribution < 1.29 is 38.8 Å². The molecule has 0 heterocycles. The Morgan fingerprint density at radius 3 is 2.39 bits per heavy atom. The zero-order chi connectivity index (χ0) is 24.5. The number of aliphatic carboxylic acids is 1. The monoisotopic (exact) mass is 460 g/mol. The van der Waals surface area contributed by atoms with E-state index in [2.05, 4.69) is 0 Å². The third-order valence-electron chi connectivity index (χ3n) is 4.90. The van der Waals surface area contributed by atoms with Crippen LogP contribution < -0.4 is 9.47 Å². The van der Waals surface area contributed by atoms with Gasteiger partial charge in [0.1, 0.15) is 24.6 Å². The minimum atomic E-state index is -1.25. The maximum Gasteiger partial charge on any atom is 0.310 e. The molecule has 178 valence electrons. The molecule has 2 rings (SSSR count). The zero-order valence-corrected chi connectivity index (χ0v) is 18.9. The van der Waals surface area contributed by atoms with E-state index in [1.165, 1.54) is 25.3 Å². The van der Waals surface area contributed by atoms with Gasteiger partial charge in [0.15, 0.2) is 11.5 Å². The maximum absolute atomic E-state index is 13.6. The minimum Gasteiger partial charge on any atom is -0.492 e. The Hall–Kier alpha value is -3.23. The predicted molar refractivity (Wildman–Crippen MR) is 122 cm³/mol. The lowest BCUT2D eigenvalue weighted by Crippen LogP contribution is -2.14. The molecule has 0 aliphatic rings. The van der Waals surface area contributed by atoms with Gasteiger partial charge in [0.25, 0.3) is 0 Å². The largest absolute Gasteiger partial charge is 0.492 e. The number of rotatable bonds is 12. The van der Waals surface area contributed by atoms with Gasteiger partial charge in [0, 0.05) is 12.0 Å². The van der Waals surface area contributed by atoms with Crippen LogP contribution in [0.3, 0.4) is 0 Å². The second-order valence-corrected chi connectivity index (χ2v) is 7.76. The second kappa shape index (κ2) is 12.1. The van der Waals surface area contributed by atoms with E-state index in [4.69, 9.17) is 14.6 Å². The van der Waals surface area contributed by atoms with E-state index in [9.17, 15) is 24.2 Å². The molecule has 0 amide bonds. The number of ether oxygens (including phenoxy) is 2. The third kappa shape index (κ3) is 7.13. The summed E-state index contributed by atoms with van der Waals surface area (Å²) < 4.78 is 24.9. The van der Waals surface area contributed by atoms with Gasteiger partial charge in [0.05, 0.1) is 19.8 Å². The fourth-order valence-corrected chi connectivity index (χ4v) is 3.45. The summed E-state index contributed by atoms with van der Waals surface area (Å²) in [5, 5.41) is 28.2. The van der Waals surface area contributed by atoms with Crippen LogP contribution in [0.1, 0.15) is 43.7 Å². The summed E-state index contributed by atoms with van der Waals surface area (Å²) >= 11 is 0. The molecule has 0 bridgehead atoms. The Bertz CT molecular complexity index is 997. The van der Waals surface area contributed by atoms with Gasteiger partial charge in [-0.3, -0.25) is 9.59 Å². The fourth-order valence-electron chi connectivity index (χ4n) is 3.45. The third-order valence-corrected chi connectivity index (χ3v) is 4.90. The van der Waals surface area contributed by atoms with E-state index in [0.29, 0.717) is 28.2 Å². The summed E-state index contributed by atoms with van der Waals surface area (Å²) in [4.78, 5) is 22.5. The van der Waals surface area contributed by atoms with Crippen LogP contribution in [0.25, 0.3) is 17.2 Å². The van der Waals surface area contributed by atoms with E-state index < -0.39 is 30.1 Å². The van der Waals surface area contributed by atoms with Gasteiger partial charge < -0.3 is 24.8 Å².